The van der Waals surface area contributed by atoms with Gasteiger partial charge in [-0.1, -0.05) is 37.8 Å². The van der Waals surface area contributed by atoms with Gasteiger partial charge in [-0.2, -0.15) is 0 Å². The molecule has 0 amide bonds. The summed E-state index contributed by atoms with van der Waals surface area (Å²) in [6.45, 7) is 8.97. The van der Waals surface area contributed by atoms with Gasteiger partial charge in [0.05, 0.1) is 25.4 Å². The average molecular weight is 517 g/mol. The number of hydrogen-bond donors (Lipinski definition) is 0. The Labute approximate surface area is 225 Å². The van der Waals surface area contributed by atoms with Crippen molar-refractivity contribution in [2.24, 2.45) is 0 Å². The third-order valence-corrected chi connectivity index (χ3v) is 5.70. The highest BCUT2D eigenvalue weighted by atomic mass is 16.5. The average Bonchev–Trinajstić information content (AvgIpc) is 2.94. The fraction of sp³-hybridized carbons (Fsp3) is 0.312. The molecule has 0 aliphatic rings. The number of ether oxygens (including phenoxy) is 4. The Morgan fingerprint density at radius 1 is 0.658 bits per heavy atom. The van der Waals surface area contributed by atoms with Crippen LogP contribution in [0.15, 0.2) is 84.9 Å². The maximum atomic E-state index is 12.6. The van der Waals surface area contributed by atoms with E-state index in [0.717, 1.165) is 49.0 Å². The van der Waals surface area contributed by atoms with E-state index in [1.807, 2.05) is 36.4 Å². The lowest BCUT2D eigenvalue weighted by atomic mass is 10.1. The Morgan fingerprint density at radius 2 is 1.16 bits per heavy atom. The Bertz CT molecular complexity index is 1160. The van der Waals surface area contributed by atoms with E-state index in [9.17, 15) is 9.59 Å². The minimum atomic E-state index is -0.422. The Hall–Kier alpha value is -4.06. The van der Waals surface area contributed by atoms with Crippen LogP contribution in [-0.2, 0) is 9.53 Å². The second-order valence-corrected chi connectivity index (χ2v) is 8.99. The summed E-state index contributed by atoms with van der Waals surface area (Å²) in [5.74, 6) is 1.28. The molecular weight excluding hydrogens is 480 g/mol. The van der Waals surface area contributed by atoms with Crippen LogP contribution >= 0.6 is 0 Å². The highest BCUT2D eigenvalue weighted by Gasteiger charge is 2.09. The number of unbranched alkanes of at least 4 members (excludes halogenated alkanes) is 3. The fourth-order valence-electron chi connectivity index (χ4n) is 3.57. The fourth-order valence-corrected chi connectivity index (χ4v) is 3.57. The first-order valence-corrected chi connectivity index (χ1v) is 13.1. The Balaban J connectivity index is 1.38. The van der Waals surface area contributed by atoms with Crippen LogP contribution in [0.25, 0.3) is 11.1 Å². The third-order valence-electron chi connectivity index (χ3n) is 5.70. The van der Waals surface area contributed by atoms with Gasteiger partial charge >= 0.3 is 11.9 Å². The van der Waals surface area contributed by atoms with Crippen molar-refractivity contribution in [3.05, 3.63) is 90.5 Å². The van der Waals surface area contributed by atoms with Gasteiger partial charge in [0, 0.05) is 5.57 Å². The van der Waals surface area contributed by atoms with Crippen molar-refractivity contribution < 1.29 is 28.5 Å². The lowest BCUT2D eigenvalue weighted by Gasteiger charge is -2.09. The maximum absolute atomic E-state index is 12.6. The zero-order valence-corrected chi connectivity index (χ0v) is 22.2. The second-order valence-electron chi connectivity index (χ2n) is 8.99. The minimum absolute atomic E-state index is 0.339. The van der Waals surface area contributed by atoms with E-state index in [1.165, 1.54) is 0 Å². The van der Waals surface area contributed by atoms with Gasteiger partial charge in [0.25, 0.3) is 0 Å². The molecule has 0 aliphatic carbocycles. The lowest BCUT2D eigenvalue weighted by Crippen LogP contribution is -2.08. The van der Waals surface area contributed by atoms with Crippen LogP contribution in [0.5, 0.6) is 17.2 Å². The molecule has 0 aliphatic heterocycles. The van der Waals surface area contributed by atoms with E-state index in [2.05, 4.69) is 13.5 Å². The summed E-state index contributed by atoms with van der Waals surface area (Å²) in [5.41, 5.74) is 2.96. The van der Waals surface area contributed by atoms with Crippen molar-refractivity contribution in [3.63, 3.8) is 0 Å². The van der Waals surface area contributed by atoms with Gasteiger partial charge in [0.15, 0.2) is 0 Å². The number of hydrogen-bond acceptors (Lipinski definition) is 6. The Morgan fingerprint density at radius 3 is 1.71 bits per heavy atom. The van der Waals surface area contributed by atoms with E-state index >= 15 is 0 Å². The normalized spacial score (nSPS) is 10.5. The van der Waals surface area contributed by atoms with Gasteiger partial charge in [-0.15, -0.1) is 0 Å². The Kier molecular flexibility index (Phi) is 11.4. The minimum Gasteiger partial charge on any atom is -0.494 e. The quantitative estimate of drug-likeness (QED) is 0.0906. The van der Waals surface area contributed by atoms with Gasteiger partial charge in [0.2, 0.25) is 0 Å². The van der Waals surface area contributed by atoms with Crippen molar-refractivity contribution in [1.29, 1.82) is 0 Å². The number of carbonyl (C=O) groups is 2. The maximum Gasteiger partial charge on any atom is 0.343 e. The molecule has 3 aromatic carbocycles. The summed E-state index contributed by atoms with van der Waals surface area (Å²) in [5, 5.41) is 0. The van der Waals surface area contributed by atoms with Crippen LogP contribution in [0, 0.1) is 0 Å². The van der Waals surface area contributed by atoms with E-state index in [0.29, 0.717) is 42.5 Å². The number of rotatable bonds is 15. The third kappa shape index (κ3) is 9.43. The zero-order valence-electron chi connectivity index (χ0n) is 22.2. The van der Waals surface area contributed by atoms with Crippen molar-refractivity contribution in [3.8, 4) is 28.4 Å². The predicted octanol–water partition coefficient (Wildman–Crippen LogP) is 7.42. The topological polar surface area (TPSA) is 71.1 Å². The number of carbonyl (C=O) groups excluding carboxylic acids is 2. The molecule has 0 saturated heterocycles. The van der Waals surface area contributed by atoms with Crippen molar-refractivity contribution in [2.75, 3.05) is 19.8 Å². The summed E-state index contributed by atoms with van der Waals surface area (Å²) in [7, 11) is 0. The van der Waals surface area contributed by atoms with Gasteiger partial charge in [0.1, 0.15) is 17.2 Å². The molecule has 200 valence electrons. The van der Waals surface area contributed by atoms with E-state index in [4.69, 9.17) is 18.9 Å². The summed E-state index contributed by atoms with van der Waals surface area (Å²) >= 11 is 0. The lowest BCUT2D eigenvalue weighted by molar-refractivity contribution is -0.139. The van der Waals surface area contributed by atoms with Crippen LogP contribution < -0.4 is 14.2 Å². The molecule has 3 rings (SSSR count). The molecule has 0 atom stereocenters. The largest absolute Gasteiger partial charge is 0.494 e. The first kappa shape index (κ1) is 28.5. The smallest absolute Gasteiger partial charge is 0.343 e. The van der Waals surface area contributed by atoms with Gasteiger partial charge < -0.3 is 18.9 Å². The second kappa shape index (κ2) is 15.3. The molecule has 0 N–H and O–H groups in total. The number of benzene rings is 3. The van der Waals surface area contributed by atoms with Crippen molar-refractivity contribution in [1.82, 2.24) is 0 Å². The van der Waals surface area contributed by atoms with Crippen LogP contribution in [-0.4, -0.2) is 31.8 Å². The molecule has 0 saturated carbocycles. The first-order chi connectivity index (χ1) is 18.5. The first-order valence-electron chi connectivity index (χ1n) is 13.1. The predicted molar refractivity (Wildman–Crippen MR) is 149 cm³/mol. The molecule has 0 unspecified atom stereocenters. The highest BCUT2D eigenvalue weighted by molar-refractivity contribution is 5.91. The molecule has 6 nitrogen and oxygen atoms in total. The van der Waals surface area contributed by atoms with Crippen molar-refractivity contribution in [2.45, 2.75) is 46.0 Å². The molecular formula is C32H36O6. The summed E-state index contributed by atoms with van der Waals surface area (Å²) < 4.78 is 22.0. The SMILES string of the molecule is C=C(C)C(=O)OCCCCCCOc1ccc(C(=O)Oc2ccc(-c3ccc(OCCC)cc3)cc2)cc1. The van der Waals surface area contributed by atoms with Crippen LogP contribution in [0.2, 0.25) is 0 Å². The summed E-state index contributed by atoms with van der Waals surface area (Å²) in [6, 6.07) is 22.3. The van der Waals surface area contributed by atoms with E-state index in [1.54, 1.807) is 43.3 Å². The molecule has 0 radical (unpaired) electrons. The summed E-state index contributed by atoms with van der Waals surface area (Å²) in [4.78, 5) is 23.9. The van der Waals surface area contributed by atoms with Crippen molar-refractivity contribution >= 4 is 11.9 Å². The van der Waals surface area contributed by atoms with Gasteiger partial charge in [-0.05, 0) is 98.7 Å². The van der Waals surface area contributed by atoms with E-state index in [-0.39, 0.29) is 5.97 Å². The van der Waals surface area contributed by atoms with Crippen LogP contribution in [0.1, 0.15) is 56.3 Å². The zero-order chi connectivity index (χ0) is 27.2. The molecule has 0 aromatic heterocycles. The van der Waals surface area contributed by atoms with E-state index < -0.39 is 5.97 Å². The highest BCUT2D eigenvalue weighted by Crippen LogP contribution is 2.25. The van der Waals surface area contributed by atoms with Crippen LogP contribution in [0.3, 0.4) is 0 Å². The van der Waals surface area contributed by atoms with Gasteiger partial charge in [-0.25, -0.2) is 9.59 Å². The molecule has 38 heavy (non-hydrogen) atoms. The monoisotopic (exact) mass is 516 g/mol. The molecule has 6 heteroatoms. The van der Waals surface area contributed by atoms with Crippen LogP contribution in [0.4, 0.5) is 0 Å². The summed E-state index contributed by atoms with van der Waals surface area (Å²) in [6.07, 6.45) is 4.62. The molecule has 0 bridgehead atoms. The standard InChI is InChI=1S/C32H36O6/c1-4-21-35-28-15-9-25(10-16-28)26-11-19-30(20-12-26)38-32(34)27-13-17-29(18-14-27)36-22-7-5-6-8-23-37-31(33)24(2)3/h9-20H,2,4-8,21-23H2,1,3H3. The molecule has 0 spiro atoms. The number of esters is 2. The molecule has 0 fully saturated rings. The molecule has 0 heterocycles. The van der Waals surface area contributed by atoms with Gasteiger partial charge in [-0.3, -0.25) is 0 Å². The molecule has 3 aromatic rings.